The van der Waals surface area contributed by atoms with Gasteiger partial charge in [0, 0.05) is 5.56 Å². The van der Waals surface area contributed by atoms with Gasteiger partial charge in [0.2, 0.25) is 5.66 Å². The van der Waals surface area contributed by atoms with Crippen LogP contribution >= 0.6 is 0 Å². The molecule has 5 nitrogen and oxygen atoms in total. The molecule has 0 amide bonds. The lowest BCUT2D eigenvalue weighted by atomic mass is 9.99. The van der Waals surface area contributed by atoms with Crippen LogP contribution in [0.2, 0.25) is 0 Å². The monoisotopic (exact) mass is 428 g/mol. The summed E-state index contributed by atoms with van der Waals surface area (Å²) in [5.74, 6) is 0. The maximum Gasteiger partial charge on any atom is 0.442 e. The van der Waals surface area contributed by atoms with Crippen LogP contribution < -0.4 is 0 Å². The molecule has 158 valence electrons. The van der Waals surface area contributed by atoms with Crippen molar-refractivity contribution < 1.29 is 31.1 Å². The predicted octanol–water partition coefficient (Wildman–Crippen LogP) is 4.80. The Bertz CT molecular complexity index is 986. The smallest absolute Gasteiger partial charge is 0.372 e. The first-order chi connectivity index (χ1) is 14.1. The van der Waals surface area contributed by atoms with Gasteiger partial charge in [-0.15, -0.1) is 10.2 Å². The van der Waals surface area contributed by atoms with Gasteiger partial charge < -0.3 is 4.74 Å². The fourth-order valence-corrected chi connectivity index (χ4v) is 3.68. The highest BCUT2D eigenvalue weighted by molar-refractivity contribution is 5.37. The van der Waals surface area contributed by atoms with E-state index in [4.69, 9.17) is 4.74 Å². The fraction of sp³-hybridized carbons (Fsp3) is 0.368. The summed E-state index contributed by atoms with van der Waals surface area (Å²) in [6.45, 7) is 0.616. The van der Waals surface area contributed by atoms with E-state index in [9.17, 15) is 26.3 Å². The largest absolute Gasteiger partial charge is 0.442 e. The first-order valence-electron chi connectivity index (χ1n) is 8.99. The third-order valence-corrected chi connectivity index (χ3v) is 5.52. The van der Waals surface area contributed by atoms with Crippen molar-refractivity contribution in [3.05, 3.63) is 70.8 Å². The Morgan fingerprint density at radius 2 is 1.20 bits per heavy atom. The molecule has 2 unspecified atom stereocenters. The van der Waals surface area contributed by atoms with Gasteiger partial charge in [-0.1, -0.05) is 48.5 Å². The van der Waals surface area contributed by atoms with E-state index < -0.39 is 23.7 Å². The molecule has 5 rings (SSSR count). The van der Waals surface area contributed by atoms with Crippen LogP contribution in [-0.2, 0) is 29.3 Å². The molecule has 0 aliphatic carbocycles. The molecule has 2 aromatic carbocycles. The average molecular weight is 428 g/mol. The average Bonchev–Trinajstić information content (AvgIpc) is 3.54. The number of hydrogen-bond donors (Lipinski definition) is 0. The Labute approximate surface area is 166 Å². The second kappa shape index (κ2) is 6.02. The van der Waals surface area contributed by atoms with Crippen molar-refractivity contribution in [2.75, 3.05) is 6.67 Å². The molecule has 3 aliphatic rings. The van der Waals surface area contributed by atoms with Crippen LogP contribution in [0.1, 0.15) is 22.3 Å². The van der Waals surface area contributed by atoms with Crippen LogP contribution in [0.3, 0.4) is 0 Å². The molecule has 3 heterocycles. The summed E-state index contributed by atoms with van der Waals surface area (Å²) in [5, 5.41) is 8.79. The summed E-state index contributed by atoms with van der Waals surface area (Å²) in [6, 6.07) is 11.7. The molecule has 0 aromatic heterocycles. The Morgan fingerprint density at radius 3 is 1.53 bits per heavy atom. The molecule has 2 fully saturated rings. The van der Waals surface area contributed by atoms with Gasteiger partial charge in [0.1, 0.15) is 0 Å². The third-order valence-electron chi connectivity index (χ3n) is 5.52. The second-order valence-corrected chi connectivity index (χ2v) is 7.37. The maximum absolute atomic E-state index is 13.3. The first-order valence-corrected chi connectivity index (χ1v) is 8.99. The molecular formula is C19H14F6N4O. The third kappa shape index (κ3) is 2.76. The van der Waals surface area contributed by atoms with Crippen LogP contribution in [0.15, 0.2) is 58.8 Å². The Morgan fingerprint density at radius 1 is 0.733 bits per heavy atom. The quantitative estimate of drug-likeness (QED) is 0.490. The van der Waals surface area contributed by atoms with Crippen molar-refractivity contribution >= 4 is 0 Å². The van der Waals surface area contributed by atoms with E-state index in [1.54, 1.807) is 12.1 Å². The molecule has 0 bridgehead atoms. The highest BCUT2D eigenvalue weighted by Crippen LogP contribution is 2.66. The molecular weight excluding hydrogens is 414 g/mol. The van der Waals surface area contributed by atoms with Crippen molar-refractivity contribution in [2.24, 2.45) is 10.2 Å². The Hall–Kier alpha value is -2.50. The van der Waals surface area contributed by atoms with E-state index in [1.807, 2.05) is 0 Å². The van der Waals surface area contributed by atoms with E-state index in [2.05, 4.69) is 10.2 Å². The van der Waals surface area contributed by atoms with E-state index in [-0.39, 0.29) is 24.3 Å². The van der Waals surface area contributed by atoms with Crippen LogP contribution in [0.5, 0.6) is 0 Å². The molecule has 0 radical (unpaired) electrons. The van der Waals surface area contributed by atoms with Crippen molar-refractivity contribution in [3.8, 4) is 0 Å². The zero-order valence-electron chi connectivity index (χ0n) is 15.2. The number of benzene rings is 2. The molecule has 0 spiro atoms. The lowest BCUT2D eigenvalue weighted by Crippen LogP contribution is -2.41. The van der Waals surface area contributed by atoms with Gasteiger partial charge >= 0.3 is 18.0 Å². The predicted molar refractivity (Wildman–Crippen MR) is 90.2 cm³/mol. The summed E-state index contributed by atoms with van der Waals surface area (Å²) in [6.07, 6.45) is -8.95. The lowest BCUT2D eigenvalue weighted by Gasteiger charge is -2.23. The summed E-state index contributed by atoms with van der Waals surface area (Å²) in [7, 11) is 0. The number of alkyl halides is 6. The van der Waals surface area contributed by atoms with E-state index in [1.165, 1.54) is 46.4 Å². The van der Waals surface area contributed by atoms with Crippen LogP contribution in [0.25, 0.3) is 0 Å². The minimum Gasteiger partial charge on any atom is -0.372 e. The zero-order chi connectivity index (χ0) is 21.4. The number of nitrogens with zero attached hydrogens (tertiary/aromatic N) is 4. The normalized spacial score (nSPS) is 28.2. The number of ether oxygens (including phenoxy) is 1. The van der Waals surface area contributed by atoms with Crippen LogP contribution in [0, 0.1) is 0 Å². The minimum atomic E-state index is -4.57. The van der Waals surface area contributed by atoms with E-state index in [0.29, 0.717) is 17.8 Å². The number of rotatable bonds is 6. The van der Waals surface area contributed by atoms with E-state index >= 15 is 0 Å². The molecule has 11 heteroatoms. The lowest BCUT2D eigenvalue weighted by molar-refractivity contribution is -0.192. The highest BCUT2D eigenvalue weighted by atomic mass is 19.4. The van der Waals surface area contributed by atoms with Gasteiger partial charge in [-0.2, -0.15) is 36.4 Å². The summed E-state index contributed by atoms with van der Waals surface area (Å²) < 4.78 is 84.5. The van der Waals surface area contributed by atoms with Crippen molar-refractivity contribution in [1.29, 1.82) is 0 Å². The standard InChI is InChI=1S/C19H14F6N4O/c20-18(21,22)16(26-27-16)14-5-1-12(2-6-14)9-30-10-13-3-7-15(8-4-13)17(19(23,24)25)28-11-29(17)28/h1-8H,9-11H2. The van der Waals surface area contributed by atoms with Crippen molar-refractivity contribution in [1.82, 2.24) is 10.0 Å². The summed E-state index contributed by atoms with van der Waals surface area (Å²) in [5.41, 5.74) is -2.98. The number of hydrogen-bond acceptors (Lipinski definition) is 5. The molecule has 2 saturated heterocycles. The minimum absolute atomic E-state index is 0.0578. The number of fused-ring (bicyclic) bond motifs is 1. The molecule has 0 N–H and O–H groups in total. The fourth-order valence-electron chi connectivity index (χ4n) is 3.68. The Balaban J connectivity index is 1.17. The SMILES string of the molecule is FC(F)(F)C1(c2ccc(COCc3ccc(C4(C(F)(F)F)N5CN54)cc3)cc2)N=N1. The van der Waals surface area contributed by atoms with Crippen molar-refractivity contribution in [2.45, 2.75) is 36.9 Å². The second-order valence-electron chi connectivity index (χ2n) is 7.37. The number of hydrazine groups is 1. The molecule has 3 aliphatic heterocycles. The summed E-state index contributed by atoms with van der Waals surface area (Å²) in [4.78, 5) is 0. The van der Waals surface area contributed by atoms with Crippen molar-refractivity contribution in [3.63, 3.8) is 0 Å². The van der Waals surface area contributed by atoms with Gasteiger partial charge in [0.25, 0.3) is 0 Å². The zero-order valence-corrected chi connectivity index (χ0v) is 15.2. The number of halogens is 6. The van der Waals surface area contributed by atoms with Gasteiger partial charge in [0.15, 0.2) is 0 Å². The Kier molecular flexibility index (Phi) is 3.91. The van der Waals surface area contributed by atoms with Gasteiger partial charge in [-0.3, -0.25) is 0 Å². The van der Waals surface area contributed by atoms with Crippen LogP contribution in [-0.4, -0.2) is 29.0 Å². The van der Waals surface area contributed by atoms with E-state index in [0.717, 1.165) is 0 Å². The van der Waals surface area contributed by atoms with Gasteiger partial charge in [-0.25, -0.2) is 0 Å². The molecule has 2 atom stereocenters. The summed E-state index contributed by atoms with van der Waals surface area (Å²) >= 11 is 0. The topological polar surface area (TPSA) is 40.0 Å². The molecule has 30 heavy (non-hydrogen) atoms. The maximum atomic E-state index is 13.3. The van der Waals surface area contributed by atoms with Crippen LogP contribution in [0.4, 0.5) is 26.3 Å². The molecule has 2 aromatic rings. The first kappa shape index (κ1) is 19.5. The van der Waals surface area contributed by atoms with Gasteiger partial charge in [0.05, 0.1) is 19.9 Å². The highest BCUT2D eigenvalue weighted by Gasteiger charge is 2.86. The molecule has 0 saturated carbocycles. The van der Waals surface area contributed by atoms with Gasteiger partial charge in [-0.05, 0) is 16.7 Å².